The van der Waals surface area contributed by atoms with E-state index in [1.165, 1.54) is 0 Å². The highest BCUT2D eigenvalue weighted by molar-refractivity contribution is 9.10. The standard InChI is InChI=1S/C12H15BrN2O2/c1-15(9-6-14-7-9)12(16)8-3-4-11(17-2)10(13)5-8/h3-5,9,14H,6-7H2,1-2H3. The lowest BCUT2D eigenvalue weighted by Gasteiger charge is -2.35. The van der Waals surface area contributed by atoms with Crippen LogP contribution in [0, 0.1) is 0 Å². The second-order valence-electron chi connectivity index (χ2n) is 4.08. The highest BCUT2D eigenvalue weighted by Gasteiger charge is 2.26. The highest BCUT2D eigenvalue weighted by atomic mass is 79.9. The third-order valence-corrected chi connectivity index (χ3v) is 3.65. The van der Waals surface area contributed by atoms with Gasteiger partial charge < -0.3 is 15.0 Å². The van der Waals surface area contributed by atoms with Gasteiger partial charge >= 0.3 is 0 Å². The summed E-state index contributed by atoms with van der Waals surface area (Å²) in [7, 11) is 3.44. The number of methoxy groups -OCH3 is 1. The van der Waals surface area contributed by atoms with Crippen LogP contribution in [0.2, 0.25) is 0 Å². The molecule has 1 aliphatic rings. The van der Waals surface area contributed by atoms with Crippen molar-refractivity contribution in [2.75, 3.05) is 27.2 Å². The summed E-state index contributed by atoms with van der Waals surface area (Å²) in [5.74, 6) is 0.773. The average molecular weight is 299 g/mol. The summed E-state index contributed by atoms with van der Waals surface area (Å²) >= 11 is 3.38. The van der Waals surface area contributed by atoms with Crippen molar-refractivity contribution >= 4 is 21.8 Å². The van der Waals surface area contributed by atoms with E-state index in [2.05, 4.69) is 21.2 Å². The van der Waals surface area contributed by atoms with Crippen LogP contribution in [0.15, 0.2) is 22.7 Å². The molecule has 0 spiro atoms. The molecule has 1 N–H and O–H groups in total. The van der Waals surface area contributed by atoms with Crippen molar-refractivity contribution in [2.45, 2.75) is 6.04 Å². The molecule has 0 radical (unpaired) electrons. The SMILES string of the molecule is COc1ccc(C(=O)N(C)C2CNC2)cc1Br. The van der Waals surface area contributed by atoms with Gasteiger partial charge in [0.15, 0.2) is 0 Å². The quantitative estimate of drug-likeness (QED) is 0.919. The highest BCUT2D eigenvalue weighted by Crippen LogP contribution is 2.26. The molecule has 5 heteroatoms. The molecule has 0 atom stereocenters. The van der Waals surface area contributed by atoms with Crippen molar-refractivity contribution < 1.29 is 9.53 Å². The van der Waals surface area contributed by atoms with Crippen molar-refractivity contribution in [3.8, 4) is 5.75 Å². The summed E-state index contributed by atoms with van der Waals surface area (Å²) in [6, 6.07) is 5.69. The van der Waals surface area contributed by atoms with Gasteiger partial charge in [-0.25, -0.2) is 0 Å². The van der Waals surface area contributed by atoms with Crippen LogP contribution in [0.3, 0.4) is 0 Å². The topological polar surface area (TPSA) is 41.6 Å². The second kappa shape index (κ2) is 5.06. The van der Waals surface area contributed by atoms with Crippen molar-refractivity contribution in [2.24, 2.45) is 0 Å². The molecule has 2 rings (SSSR count). The number of ether oxygens (including phenoxy) is 1. The molecule has 0 bridgehead atoms. The molecular weight excluding hydrogens is 284 g/mol. The van der Waals surface area contributed by atoms with Gasteiger partial charge in [-0.15, -0.1) is 0 Å². The number of carbonyl (C=O) groups excluding carboxylic acids is 1. The summed E-state index contributed by atoms with van der Waals surface area (Å²) in [6.07, 6.45) is 0. The van der Waals surface area contributed by atoms with Crippen molar-refractivity contribution in [1.29, 1.82) is 0 Å². The summed E-state index contributed by atoms with van der Waals surface area (Å²) < 4.78 is 5.94. The fraction of sp³-hybridized carbons (Fsp3) is 0.417. The molecule has 0 aliphatic carbocycles. The third kappa shape index (κ3) is 2.45. The summed E-state index contributed by atoms with van der Waals surface area (Å²) in [6.45, 7) is 1.75. The summed E-state index contributed by atoms with van der Waals surface area (Å²) in [5, 5.41) is 3.15. The molecule has 17 heavy (non-hydrogen) atoms. The van der Waals surface area contributed by atoms with Crippen LogP contribution in [-0.2, 0) is 0 Å². The number of hydrogen-bond donors (Lipinski definition) is 1. The van der Waals surface area contributed by atoms with E-state index >= 15 is 0 Å². The lowest BCUT2D eigenvalue weighted by Crippen LogP contribution is -2.57. The molecular formula is C12H15BrN2O2. The van der Waals surface area contributed by atoms with E-state index < -0.39 is 0 Å². The molecule has 1 heterocycles. The number of nitrogens with one attached hydrogen (secondary N) is 1. The van der Waals surface area contributed by atoms with Crippen LogP contribution >= 0.6 is 15.9 Å². The molecule has 1 aliphatic heterocycles. The van der Waals surface area contributed by atoms with Gasteiger partial charge in [-0.05, 0) is 34.1 Å². The van der Waals surface area contributed by atoms with Gasteiger partial charge in [0.25, 0.3) is 5.91 Å². The minimum Gasteiger partial charge on any atom is -0.496 e. The molecule has 92 valence electrons. The van der Waals surface area contributed by atoms with Crippen LogP contribution < -0.4 is 10.1 Å². The number of rotatable bonds is 3. The normalized spacial score (nSPS) is 15.2. The molecule has 0 unspecified atom stereocenters. The predicted molar refractivity (Wildman–Crippen MR) is 69.4 cm³/mol. The molecule has 0 saturated carbocycles. The minimum atomic E-state index is 0.0415. The van der Waals surface area contributed by atoms with Crippen molar-refractivity contribution in [3.05, 3.63) is 28.2 Å². The summed E-state index contributed by atoms with van der Waals surface area (Å²) in [5.41, 5.74) is 0.673. The molecule has 1 aromatic rings. The van der Waals surface area contributed by atoms with Crippen LogP contribution in [0.1, 0.15) is 10.4 Å². The number of likely N-dealkylation sites (N-methyl/N-ethyl adjacent to an activating group) is 1. The van der Waals surface area contributed by atoms with Crippen LogP contribution in [0.4, 0.5) is 0 Å². The number of benzene rings is 1. The van der Waals surface area contributed by atoms with E-state index in [1.54, 1.807) is 30.2 Å². The Hall–Kier alpha value is -1.07. The van der Waals surface area contributed by atoms with E-state index in [-0.39, 0.29) is 5.91 Å². The molecule has 0 aromatic heterocycles. The number of hydrogen-bond acceptors (Lipinski definition) is 3. The van der Waals surface area contributed by atoms with E-state index in [4.69, 9.17) is 4.74 Å². The van der Waals surface area contributed by atoms with Gasteiger partial charge in [0.1, 0.15) is 5.75 Å². The first-order valence-corrected chi connectivity index (χ1v) is 6.24. The number of carbonyl (C=O) groups is 1. The zero-order valence-electron chi connectivity index (χ0n) is 9.87. The first kappa shape index (κ1) is 12.4. The van der Waals surface area contributed by atoms with Gasteiger partial charge in [-0.1, -0.05) is 0 Å². The zero-order valence-corrected chi connectivity index (χ0v) is 11.5. The zero-order chi connectivity index (χ0) is 12.4. The Morgan fingerprint density at radius 3 is 2.71 bits per heavy atom. The lowest BCUT2D eigenvalue weighted by molar-refractivity contribution is 0.0681. The predicted octanol–water partition coefficient (Wildman–Crippen LogP) is 1.50. The first-order valence-electron chi connectivity index (χ1n) is 5.45. The molecule has 4 nitrogen and oxygen atoms in total. The van der Waals surface area contributed by atoms with Gasteiger partial charge in [0.2, 0.25) is 0 Å². The Balaban J connectivity index is 2.15. The third-order valence-electron chi connectivity index (χ3n) is 3.03. The van der Waals surface area contributed by atoms with Crippen molar-refractivity contribution in [1.82, 2.24) is 10.2 Å². The van der Waals surface area contributed by atoms with Gasteiger partial charge in [0, 0.05) is 25.7 Å². The lowest BCUT2D eigenvalue weighted by atomic mass is 10.1. The largest absolute Gasteiger partial charge is 0.496 e. The molecule has 1 aromatic carbocycles. The van der Waals surface area contributed by atoms with Crippen LogP contribution in [0.5, 0.6) is 5.75 Å². The van der Waals surface area contributed by atoms with E-state index in [1.807, 2.05) is 7.05 Å². The van der Waals surface area contributed by atoms with Crippen molar-refractivity contribution in [3.63, 3.8) is 0 Å². The Morgan fingerprint density at radius 1 is 1.53 bits per heavy atom. The monoisotopic (exact) mass is 298 g/mol. The minimum absolute atomic E-state index is 0.0415. The maximum absolute atomic E-state index is 12.2. The maximum Gasteiger partial charge on any atom is 0.253 e. The maximum atomic E-state index is 12.2. The number of halogens is 1. The van der Waals surface area contributed by atoms with Crippen LogP contribution in [0.25, 0.3) is 0 Å². The Bertz CT molecular complexity index is 433. The second-order valence-corrected chi connectivity index (χ2v) is 4.93. The van der Waals surface area contributed by atoms with E-state index in [0.29, 0.717) is 11.6 Å². The number of amides is 1. The Labute approximate surface area is 109 Å². The average Bonchev–Trinajstić information content (AvgIpc) is 2.25. The van der Waals surface area contributed by atoms with Gasteiger partial charge in [-0.2, -0.15) is 0 Å². The van der Waals surface area contributed by atoms with Crippen LogP contribution in [-0.4, -0.2) is 44.1 Å². The molecule has 1 amide bonds. The molecule has 1 saturated heterocycles. The van der Waals surface area contributed by atoms with Gasteiger partial charge in [0.05, 0.1) is 17.6 Å². The fourth-order valence-corrected chi connectivity index (χ4v) is 2.26. The fourth-order valence-electron chi connectivity index (χ4n) is 1.72. The smallest absolute Gasteiger partial charge is 0.253 e. The number of nitrogens with zero attached hydrogens (tertiary/aromatic N) is 1. The summed E-state index contributed by atoms with van der Waals surface area (Å²) in [4.78, 5) is 13.9. The molecule has 1 fully saturated rings. The van der Waals surface area contributed by atoms with E-state index in [0.717, 1.165) is 23.3 Å². The van der Waals surface area contributed by atoms with Gasteiger partial charge in [-0.3, -0.25) is 4.79 Å². The Morgan fingerprint density at radius 2 is 2.24 bits per heavy atom. The van der Waals surface area contributed by atoms with E-state index in [9.17, 15) is 4.79 Å². The first-order chi connectivity index (χ1) is 8.13. The Kier molecular flexibility index (Phi) is 3.69.